The lowest BCUT2D eigenvalue weighted by atomic mass is 9.81. The molecule has 0 amide bonds. The van der Waals surface area contributed by atoms with Crippen molar-refractivity contribution in [3.8, 4) is 0 Å². The van der Waals surface area contributed by atoms with Gasteiger partial charge in [0.05, 0.1) is 6.04 Å². The first-order chi connectivity index (χ1) is 9.67. The number of nitrogens with zero attached hydrogens (tertiary/aromatic N) is 1. The van der Waals surface area contributed by atoms with E-state index in [1.54, 1.807) is 0 Å². The van der Waals surface area contributed by atoms with Gasteiger partial charge in [0.25, 0.3) is 0 Å². The number of likely N-dealkylation sites (tertiary alicyclic amines) is 1. The number of hydrogen-bond donors (Lipinski definition) is 1. The van der Waals surface area contributed by atoms with Gasteiger partial charge in [0.15, 0.2) is 0 Å². The van der Waals surface area contributed by atoms with Crippen LogP contribution in [0, 0.1) is 6.92 Å². The second-order valence-corrected chi connectivity index (χ2v) is 7.26. The summed E-state index contributed by atoms with van der Waals surface area (Å²) in [5, 5.41) is 3.80. The molecule has 114 valence electrons. The molecule has 0 aromatic carbocycles. The minimum absolute atomic E-state index is 0.282. The molecule has 1 saturated heterocycles. The molecule has 0 spiro atoms. The fourth-order valence-electron chi connectivity index (χ4n) is 3.82. The molecule has 1 aliphatic heterocycles. The highest BCUT2D eigenvalue weighted by Gasteiger charge is 2.42. The number of rotatable bonds is 7. The molecule has 2 nitrogen and oxygen atoms in total. The van der Waals surface area contributed by atoms with Crippen LogP contribution in [-0.4, -0.2) is 30.1 Å². The fraction of sp³-hybridized carbons (Fsp3) is 0.765. The van der Waals surface area contributed by atoms with E-state index in [0.717, 1.165) is 6.54 Å². The number of thiophene rings is 1. The molecule has 0 saturated carbocycles. The van der Waals surface area contributed by atoms with Gasteiger partial charge >= 0.3 is 0 Å². The molecule has 2 heterocycles. The minimum atomic E-state index is 0.282. The first-order valence-electron chi connectivity index (χ1n) is 8.22. The van der Waals surface area contributed by atoms with Crippen LogP contribution >= 0.6 is 11.3 Å². The Morgan fingerprint density at radius 1 is 1.20 bits per heavy atom. The van der Waals surface area contributed by atoms with Crippen molar-refractivity contribution in [3.63, 3.8) is 0 Å². The average Bonchev–Trinajstić information content (AvgIpc) is 3.11. The summed E-state index contributed by atoms with van der Waals surface area (Å²) in [5.41, 5.74) is 0.282. The van der Waals surface area contributed by atoms with Gasteiger partial charge in [-0.25, -0.2) is 0 Å². The summed E-state index contributed by atoms with van der Waals surface area (Å²) >= 11 is 1.96. The summed E-state index contributed by atoms with van der Waals surface area (Å²) in [7, 11) is 0. The predicted molar refractivity (Wildman–Crippen MR) is 89.6 cm³/mol. The zero-order valence-electron chi connectivity index (χ0n) is 13.5. The highest BCUT2D eigenvalue weighted by atomic mass is 32.1. The van der Waals surface area contributed by atoms with Gasteiger partial charge in [-0.3, -0.25) is 4.90 Å². The van der Waals surface area contributed by atoms with E-state index in [4.69, 9.17) is 0 Å². The van der Waals surface area contributed by atoms with Crippen LogP contribution < -0.4 is 5.32 Å². The Balaban J connectivity index is 2.35. The molecular weight excluding hydrogens is 264 g/mol. The molecule has 3 heteroatoms. The maximum atomic E-state index is 3.80. The van der Waals surface area contributed by atoms with Crippen LogP contribution in [0.5, 0.6) is 0 Å². The Morgan fingerprint density at radius 3 is 2.30 bits per heavy atom. The highest BCUT2D eigenvalue weighted by Crippen LogP contribution is 2.41. The van der Waals surface area contributed by atoms with Crippen molar-refractivity contribution in [1.29, 1.82) is 0 Å². The summed E-state index contributed by atoms with van der Waals surface area (Å²) in [5.74, 6) is 0. The number of nitrogens with one attached hydrogen (secondary N) is 1. The van der Waals surface area contributed by atoms with Gasteiger partial charge in [-0.15, -0.1) is 11.3 Å². The van der Waals surface area contributed by atoms with Gasteiger partial charge in [0, 0.05) is 15.3 Å². The smallest absolute Gasteiger partial charge is 0.0601 e. The second kappa shape index (κ2) is 7.06. The Kier molecular flexibility index (Phi) is 5.65. The molecule has 0 radical (unpaired) electrons. The maximum Gasteiger partial charge on any atom is 0.0601 e. The number of hydrogen-bond acceptors (Lipinski definition) is 3. The topological polar surface area (TPSA) is 15.3 Å². The Morgan fingerprint density at radius 2 is 1.85 bits per heavy atom. The van der Waals surface area contributed by atoms with E-state index in [2.05, 4.69) is 50.0 Å². The Bertz CT molecular complexity index is 403. The summed E-state index contributed by atoms with van der Waals surface area (Å²) < 4.78 is 0. The van der Waals surface area contributed by atoms with Crippen molar-refractivity contribution in [2.75, 3.05) is 19.6 Å². The van der Waals surface area contributed by atoms with E-state index >= 15 is 0 Å². The van der Waals surface area contributed by atoms with E-state index in [1.165, 1.54) is 48.5 Å². The molecule has 20 heavy (non-hydrogen) atoms. The van der Waals surface area contributed by atoms with Crippen LogP contribution in [0.25, 0.3) is 0 Å². The van der Waals surface area contributed by atoms with Crippen molar-refractivity contribution >= 4 is 11.3 Å². The third-order valence-electron chi connectivity index (χ3n) is 4.95. The van der Waals surface area contributed by atoms with Crippen molar-refractivity contribution < 1.29 is 0 Å². The lowest BCUT2D eigenvalue weighted by molar-refractivity contribution is 0.0636. The minimum Gasteiger partial charge on any atom is -0.308 e. The van der Waals surface area contributed by atoms with Crippen LogP contribution in [0.15, 0.2) is 12.1 Å². The van der Waals surface area contributed by atoms with Gasteiger partial charge in [0.2, 0.25) is 0 Å². The number of aryl methyl sites for hydroxylation is 1. The normalized spacial score (nSPS) is 18.6. The Hall–Kier alpha value is -0.380. The van der Waals surface area contributed by atoms with Crippen LogP contribution in [0.1, 0.15) is 62.3 Å². The maximum absolute atomic E-state index is 3.80. The van der Waals surface area contributed by atoms with Gasteiger partial charge in [-0.05, 0) is 64.4 Å². The molecule has 1 fully saturated rings. The third kappa shape index (κ3) is 2.95. The van der Waals surface area contributed by atoms with Crippen LogP contribution in [0.3, 0.4) is 0 Å². The molecular formula is C17H30N2S. The molecule has 1 N–H and O–H groups in total. The molecule has 2 rings (SSSR count). The molecule has 1 aliphatic rings. The lowest BCUT2D eigenvalue weighted by Crippen LogP contribution is -2.54. The van der Waals surface area contributed by atoms with E-state index in [1.807, 2.05) is 11.3 Å². The fourth-order valence-corrected chi connectivity index (χ4v) is 4.88. The predicted octanol–water partition coefficient (Wildman–Crippen LogP) is 4.36. The zero-order valence-corrected chi connectivity index (χ0v) is 14.4. The zero-order chi connectivity index (χ0) is 14.6. The van der Waals surface area contributed by atoms with Gasteiger partial charge in [-0.1, -0.05) is 20.8 Å². The molecule has 0 bridgehead atoms. The van der Waals surface area contributed by atoms with E-state index in [-0.39, 0.29) is 5.54 Å². The van der Waals surface area contributed by atoms with Crippen molar-refractivity contribution in [2.24, 2.45) is 0 Å². The summed E-state index contributed by atoms with van der Waals surface area (Å²) in [6, 6.07) is 5.08. The largest absolute Gasteiger partial charge is 0.308 e. The summed E-state index contributed by atoms with van der Waals surface area (Å²) in [4.78, 5) is 5.69. The monoisotopic (exact) mass is 294 g/mol. The van der Waals surface area contributed by atoms with Crippen molar-refractivity contribution in [1.82, 2.24) is 10.2 Å². The van der Waals surface area contributed by atoms with Gasteiger partial charge in [-0.2, -0.15) is 0 Å². The van der Waals surface area contributed by atoms with E-state index in [0.29, 0.717) is 6.04 Å². The van der Waals surface area contributed by atoms with E-state index in [9.17, 15) is 0 Å². The molecule has 0 aliphatic carbocycles. The van der Waals surface area contributed by atoms with Crippen LogP contribution in [0.4, 0.5) is 0 Å². The number of likely N-dealkylation sites (N-methyl/N-ethyl adjacent to an activating group) is 1. The summed E-state index contributed by atoms with van der Waals surface area (Å²) in [6.07, 6.45) is 5.17. The van der Waals surface area contributed by atoms with Gasteiger partial charge < -0.3 is 5.32 Å². The molecule has 1 atom stereocenters. The summed E-state index contributed by atoms with van der Waals surface area (Å²) in [6.45, 7) is 12.8. The average molecular weight is 295 g/mol. The molecule has 1 aromatic heterocycles. The van der Waals surface area contributed by atoms with E-state index < -0.39 is 0 Å². The lowest BCUT2D eigenvalue weighted by Gasteiger charge is -2.47. The van der Waals surface area contributed by atoms with Crippen LogP contribution in [-0.2, 0) is 0 Å². The first kappa shape index (κ1) is 16.0. The Labute approximate surface area is 128 Å². The standard InChI is InChI=1S/C17H30N2S/c1-5-17(6-2,19-12-8-9-13-19)16(18-7-3)15-11-10-14(4)20-15/h10-11,16,18H,5-9,12-13H2,1-4H3. The molecule has 1 aromatic rings. The highest BCUT2D eigenvalue weighted by molar-refractivity contribution is 7.12. The van der Waals surface area contributed by atoms with Gasteiger partial charge in [0.1, 0.15) is 0 Å². The SMILES string of the molecule is CCNC(c1ccc(C)s1)C(CC)(CC)N1CCCC1. The van der Waals surface area contributed by atoms with Crippen molar-refractivity contribution in [3.05, 3.63) is 21.9 Å². The molecule has 1 unspecified atom stereocenters. The third-order valence-corrected chi connectivity index (χ3v) is 6.02. The first-order valence-corrected chi connectivity index (χ1v) is 9.04. The van der Waals surface area contributed by atoms with Crippen LogP contribution in [0.2, 0.25) is 0 Å². The quantitative estimate of drug-likeness (QED) is 0.803. The van der Waals surface area contributed by atoms with Crippen molar-refractivity contribution in [2.45, 2.75) is 65.0 Å². The second-order valence-electron chi connectivity index (χ2n) is 5.94.